The van der Waals surface area contributed by atoms with Crippen molar-refractivity contribution in [2.75, 3.05) is 0 Å². The van der Waals surface area contributed by atoms with Crippen LogP contribution in [0.1, 0.15) is 26.1 Å². The minimum Gasteiger partial charge on any atom is -0.299 e. The molecule has 0 N–H and O–H groups in total. The Bertz CT molecular complexity index is 270. The Morgan fingerprint density at radius 1 is 1.38 bits per heavy atom. The van der Waals surface area contributed by atoms with E-state index in [2.05, 4.69) is 9.97 Å². The van der Waals surface area contributed by atoms with Gasteiger partial charge >= 0.3 is 0 Å². The third kappa shape index (κ3) is 3.78. The van der Waals surface area contributed by atoms with E-state index in [1.54, 1.807) is 18.5 Å². The zero-order chi connectivity index (χ0) is 9.68. The van der Waals surface area contributed by atoms with Gasteiger partial charge < -0.3 is 0 Å². The molecule has 3 heteroatoms. The van der Waals surface area contributed by atoms with Crippen molar-refractivity contribution in [3.05, 3.63) is 24.3 Å². The van der Waals surface area contributed by atoms with E-state index in [1.165, 1.54) is 0 Å². The molecule has 0 aliphatic rings. The highest BCUT2D eigenvalue weighted by molar-refractivity contribution is 5.80. The fraction of sp³-hybridized carbons (Fsp3) is 0.500. The number of aromatic nitrogens is 2. The Morgan fingerprint density at radius 2 is 2.00 bits per heavy atom. The Morgan fingerprint density at radius 3 is 2.54 bits per heavy atom. The second-order valence-electron chi connectivity index (χ2n) is 3.48. The summed E-state index contributed by atoms with van der Waals surface area (Å²) >= 11 is 0. The number of ketones is 1. The van der Waals surface area contributed by atoms with Crippen LogP contribution in [0.2, 0.25) is 0 Å². The van der Waals surface area contributed by atoms with Crippen LogP contribution in [0.4, 0.5) is 0 Å². The molecule has 13 heavy (non-hydrogen) atoms. The van der Waals surface area contributed by atoms with E-state index in [0.717, 1.165) is 0 Å². The number of nitrogens with zero attached hydrogens (tertiary/aromatic N) is 2. The molecule has 3 nitrogen and oxygen atoms in total. The van der Waals surface area contributed by atoms with E-state index in [0.29, 0.717) is 24.6 Å². The standard InChI is InChI=1S/C10H14N2O/c1-8(2)6-9(13)7-10-11-4-3-5-12-10/h3-5,8H,6-7H2,1-2H3. The van der Waals surface area contributed by atoms with E-state index in [4.69, 9.17) is 0 Å². The molecule has 1 heterocycles. The maximum absolute atomic E-state index is 11.3. The summed E-state index contributed by atoms with van der Waals surface area (Å²) in [6, 6.07) is 1.75. The predicted octanol–water partition coefficient (Wildman–Crippen LogP) is 1.63. The summed E-state index contributed by atoms with van der Waals surface area (Å²) in [5.74, 6) is 1.24. The molecule has 0 aliphatic carbocycles. The minimum atomic E-state index is 0.209. The monoisotopic (exact) mass is 178 g/mol. The topological polar surface area (TPSA) is 42.9 Å². The fourth-order valence-corrected chi connectivity index (χ4v) is 1.13. The van der Waals surface area contributed by atoms with Gasteiger partial charge in [-0.05, 0) is 12.0 Å². The predicted molar refractivity (Wildman–Crippen MR) is 50.2 cm³/mol. The molecular weight excluding hydrogens is 164 g/mol. The molecule has 0 aromatic carbocycles. The van der Waals surface area contributed by atoms with Crippen LogP contribution < -0.4 is 0 Å². The normalized spacial score (nSPS) is 10.4. The van der Waals surface area contributed by atoms with E-state index in [9.17, 15) is 4.79 Å². The van der Waals surface area contributed by atoms with Crippen molar-refractivity contribution in [2.45, 2.75) is 26.7 Å². The van der Waals surface area contributed by atoms with Crippen molar-refractivity contribution in [3.8, 4) is 0 Å². The van der Waals surface area contributed by atoms with Gasteiger partial charge in [-0.3, -0.25) is 4.79 Å². The zero-order valence-corrected chi connectivity index (χ0v) is 8.03. The van der Waals surface area contributed by atoms with E-state index >= 15 is 0 Å². The van der Waals surface area contributed by atoms with Crippen molar-refractivity contribution in [1.82, 2.24) is 9.97 Å². The lowest BCUT2D eigenvalue weighted by Crippen LogP contribution is -2.08. The second-order valence-corrected chi connectivity index (χ2v) is 3.48. The van der Waals surface area contributed by atoms with Crippen molar-refractivity contribution in [3.63, 3.8) is 0 Å². The van der Waals surface area contributed by atoms with Crippen LogP contribution in [0, 0.1) is 5.92 Å². The van der Waals surface area contributed by atoms with Crippen LogP contribution >= 0.6 is 0 Å². The molecule has 0 saturated heterocycles. The lowest BCUT2D eigenvalue weighted by atomic mass is 10.1. The Balaban J connectivity index is 2.46. The highest BCUT2D eigenvalue weighted by Crippen LogP contribution is 2.02. The molecular formula is C10H14N2O. The number of hydrogen-bond donors (Lipinski definition) is 0. The molecule has 0 bridgehead atoms. The maximum atomic E-state index is 11.3. The molecule has 0 spiro atoms. The smallest absolute Gasteiger partial charge is 0.140 e. The molecule has 70 valence electrons. The molecule has 0 amide bonds. The van der Waals surface area contributed by atoms with Crippen LogP contribution in [0.25, 0.3) is 0 Å². The first-order chi connectivity index (χ1) is 6.18. The van der Waals surface area contributed by atoms with Gasteiger partial charge in [-0.2, -0.15) is 0 Å². The lowest BCUT2D eigenvalue weighted by Gasteiger charge is -2.02. The first kappa shape index (κ1) is 9.84. The quantitative estimate of drug-likeness (QED) is 0.703. The van der Waals surface area contributed by atoms with E-state index in [1.807, 2.05) is 13.8 Å². The van der Waals surface area contributed by atoms with Crippen molar-refractivity contribution in [2.24, 2.45) is 5.92 Å². The summed E-state index contributed by atoms with van der Waals surface area (Å²) in [7, 11) is 0. The summed E-state index contributed by atoms with van der Waals surface area (Å²) in [4.78, 5) is 19.3. The summed E-state index contributed by atoms with van der Waals surface area (Å²) < 4.78 is 0. The average molecular weight is 178 g/mol. The molecule has 0 saturated carbocycles. The fourth-order valence-electron chi connectivity index (χ4n) is 1.13. The minimum absolute atomic E-state index is 0.209. The number of hydrogen-bond acceptors (Lipinski definition) is 3. The van der Waals surface area contributed by atoms with Crippen LogP contribution in [0.3, 0.4) is 0 Å². The van der Waals surface area contributed by atoms with Crippen LogP contribution in [-0.2, 0) is 11.2 Å². The number of carbonyl (C=O) groups excluding carboxylic acids is 1. The van der Waals surface area contributed by atoms with E-state index < -0.39 is 0 Å². The second kappa shape index (κ2) is 4.70. The summed E-state index contributed by atoms with van der Waals surface area (Å²) in [6.45, 7) is 4.06. The third-order valence-electron chi connectivity index (χ3n) is 1.61. The SMILES string of the molecule is CC(C)CC(=O)Cc1ncccn1. The molecule has 1 aromatic heterocycles. The Labute approximate surface area is 78.2 Å². The number of rotatable bonds is 4. The molecule has 1 rings (SSSR count). The molecule has 0 unspecified atom stereocenters. The summed E-state index contributed by atoms with van der Waals surface area (Å²) in [6.07, 6.45) is 4.28. The van der Waals surface area contributed by atoms with Gasteiger partial charge in [0.15, 0.2) is 0 Å². The number of carbonyl (C=O) groups is 1. The van der Waals surface area contributed by atoms with Gasteiger partial charge in [-0.15, -0.1) is 0 Å². The van der Waals surface area contributed by atoms with Gasteiger partial charge in [-0.25, -0.2) is 9.97 Å². The highest BCUT2D eigenvalue weighted by Gasteiger charge is 2.07. The molecule has 0 fully saturated rings. The van der Waals surface area contributed by atoms with Gasteiger partial charge in [0.2, 0.25) is 0 Å². The van der Waals surface area contributed by atoms with Crippen LogP contribution in [0.15, 0.2) is 18.5 Å². The van der Waals surface area contributed by atoms with Gasteiger partial charge in [0.05, 0.1) is 6.42 Å². The Hall–Kier alpha value is -1.25. The van der Waals surface area contributed by atoms with Crippen LogP contribution in [0.5, 0.6) is 0 Å². The van der Waals surface area contributed by atoms with Crippen LogP contribution in [-0.4, -0.2) is 15.8 Å². The average Bonchev–Trinajstić information content (AvgIpc) is 2.04. The first-order valence-electron chi connectivity index (χ1n) is 4.46. The summed E-state index contributed by atoms with van der Waals surface area (Å²) in [5.41, 5.74) is 0. The molecule has 0 aliphatic heterocycles. The van der Waals surface area contributed by atoms with Crippen molar-refractivity contribution < 1.29 is 4.79 Å². The van der Waals surface area contributed by atoms with Gasteiger partial charge in [0.1, 0.15) is 11.6 Å². The van der Waals surface area contributed by atoms with Crippen molar-refractivity contribution in [1.29, 1.82) is 0 Å². The number of Topliss-reactive ketones (excluding diaryl/α,β-unsaturated/α-hetero) is 1. The third-order valence-corrected chi connectivity index (χ3v) is 1.61. The summed E-state index contributed by atoms with van der Waals surface area (Å²) in [5, 5.41) is 0. The van der Waals surface area contributed by atoms with Crippen molar-refractivity contribution >= 4 is 5.78 Å². The molecule has 0 radical (unpaired) electrons. The van der Waals surface area contributed by atoms with E-state index in [-0.39, 0.29) is 5.78 Å². The largest absolute Gasteiger partial charge is 0.299 e. The Kier molecular flexibility index (Phi) is 3.55. The maximum Gasteiger partial charge on any atom is 0.140 e. The van der Waals surface area contributed by atoms with Gasteiger partial charge in [-0.1, -0.05) is 13.8 Å². The highest BCUT2D eigenvalue weighted by atomic mass is 16.1. The van der Waals surface area contributed by atoms with Gasteiger partial charge in [0.25, 0.3) is 0 Å². The lowest BCUT2D eigenvalue weighted by molar-refractivity contribution is -0.119. The molecule has 0 atom stereocenters. The van der Waals surface area contributed by atoms with Gasteiger partial charge in [0, 0.05) is 18.8 Å². The molecule has 1 aromatic rings. The zero-order valence-electron chi connectivity index (χ0n) is 8.03. The first-order valence-corrected chi connectivity index (χ1v) is 4.46.